The molecule has 0 unspecified atom stereocenters. The van der Waals surface area contributed by atoms with E-state index in [0.717, 1.165) is 19.3 Å². The molecule has 0 saturated heterocycles. The smallest absolute Gasteiger partial charge is 0.455 e. The van der Waals surface area contributed by atoms with E-state index in [1.807, 2.05) is 22.6 Å². The van der Waals surface area contributed by atoms with Crippen LogP contribution in [0.2, 0.25) is 0 Å². The van der Waals surface area contributed by atoms with Crippen molar-refractivity contribution in [2.24, 2.45) is 0 Å². The second-order valence-corrected chi connectivity index (χ2v) is 4.84. The van der Waals surface area contributed by atoms with Gasteiger partial charge in [0, 0.05) is 3.92 Å². The second-order valence-electron chi connectivity index (χ2n) is 3.24. The van der Waals surface area contributed by atoms with Crippen molar-refractivity contribution in [1.29, 1.82) is 0 Å². The maximum absolute atomic E-state index is 11.9. The minimum atomic E-state index is -4.87. The summed E-state index contributed by atoms with van der Waals surface area (Å²) in [5.41, 5.74) is 0. The number of rotatable bonds is 1. The maximum Gasteiger partial charge on any atom is 0.490 e. The van der Waals surface area contributed by atoms with Gasteiger partial charge in [-0.05, 0) is 19.3 Å². The average Bonchev–Trinajstić information content (AvgIpc) is 2.07. The van der Waals surface area contributed by atoms with Crippen molar-refractivity contribution >= 4 is 28.6 Å². The Morgan fingerprint density at radius 1 is 1.29 bits per heavy atom. The van der Waals surface area contributed by atoms with Gasteiger partial charge in [-0.2, -0.15) is 13.2 Å². The van der Waals surface area contributed by atoms with Crippen molar-refractivity contribution < 1.29 is 22.7 Å². The monoisotopic (exact) mass is 322 g/mol. The summed E-state index contributed by atoms with van der Waals surface area (Å²) >= 11 is 2.04. The van der Waals surface area contributed by atoms with Gasteiger partial charge in [-0.1, -0.05) is 29.0 Å². The maximum atomic E-state index is 11.9. The third kappa shape index (κ3) is 3.29. The molecular formula is C8H10F3IO2. The minimum Gasteiger partial charge on any atom is -0.455 e. The van der Waals surface area contributed by atoms with E-state index in [0.29, 0.717) is 6.42 Å². The topological polar surface area (TPSA) is 26.3 Å². The molecule has 0 heterocycles. The lowest BCUT2D eigenvalue weighted by Gasteiger charge is -2.27. The summed E-state index contributed by atoms with van der Waals surface area (Å²) in [6.07, 6.45) is -2.26. The average molecular weight is 322 g/mol. The molecule has 1 aliphatic rings. The van der Waals surface area contributed by atoms with Crippen molar-refractivity contribution in [3.8, 4) is 0 Å². The Balaban J connectivity index is 2.46. The van der Waals surface area contributed by atoms with Crippen molar-refractivity contribution in [1.82, 2.24) is 0 Å². The number of ether oxygens (including phenoxy) is 1. The standard InChI is InChI=1S/C8H10F3IO2/c9-8(10,11)7(13)14-6-4-2-1-3-5(6)12/h5-6H,1-4H2/t5-,6-/m1/s1. The first-order chi connectivity index (χ1) is 6.41. The summed E-state index contributed by atoms with van der Waals surface area (Å²) in [7, 11) is 0. The van der Waals surface area contributed by atoms with Crippen LogP contribution in [0.15, 0.2) is 0 Å². The molecule has 0 N–H and O–H groups in total. The van der Waals surface area contributed by atoms with Crippen LogP contribution in [0, 0.1) is 0 Å². The van der Waals surface area contributed by atoms with Crippen LogP contribution in [-0.4, -0.2) is 22.2 Å². The van der Waals surface area contributed by atoms with Gasteiger partial charge in [0.2, 0.25) is 0 Å². The number of esters is 1. The van der Waals surface area contributed by atoms with Crippen LogP contribution < -0.4 is 0 Å². The molecule has 0 aliphatic heterocycles. The molecule has 0 aromatic rings. The molecule has 82 valence electrons. The highest BCUT2D eigenvalue weighted by molar-refractivity contribution is 14.1. The molecule has 0 aromatic heterocycles. The van der Waals surface area contributed by atoms with Crippen LogP contribution in [0.4, 0.5) is 13.2 Å². The van der Waals surface area contributed by atoms with Crippen LogP contribution in [-0.2, 0) is 9.53 Å². The number of carbonyl (C=O) groups excluding carboxylic acids is 1. The van der Waals surface area contributed by atoms with Gasteiger partial charge in [0.05, 0.1) is 0 Å². The van der Waals surface area contributed by atoms with E-state index in [2.05, 4.69) is 4.74 Å². The molecule has 1 aliphatic carbocycles. The number of hydrogen-bond acceptors (Lipinski definition) is 2. The van der Waals surface area contributed by atoms with E-state index in [9.17, 15) is 18.0 Å². The largest absolute Gasteiger partial charge is 0.490 e. The van der Waals surface area contributed by atoms with Gasteiger partial charge >= 0.3 is 12.1 Å². The van der Waals surface area contributed by atoms with E-state index in [-0.39, 0.29) is 3.92 Å². The van der Waals surface area contributed by atoms with Gasteiger partial charge in [-0.25, -0.2) is 4.79 Å². The minimum absolute atomic E-state index is 0.00708. The van der Waals surface area contributed by atoms with Crippen LogP contribution >= 0.6 is 22.6 Å². The summed E-state index contributed by atoms with van der Waals surface area (Å²) in [4.78, 5) is 10.5. The Kier molecular flexibility index (Phi) is 4.03. The number of hydrogen-bond donors (Lipinski definition) is 0. The van der Waals surface area contributed by atoms with Gasteiger partial charge < -0.3 is 4.74 Å². The summed E-state index contributed by atoms with van der Waals surface area (Å²) < 4.78 is 40.0. The van der Waals surface area contributed by atoms with Gasteiger partial charge in [0.1, 0.15) is 6.10 Å². The third-order valence-corrected chi connectivity index (χ3v) is 3.54. The molecule has 1 fully saturated rings. The fourth-order valence-electron chi connectivity index (χ4n) is 1.39. The van der Waals surface area contributed by atoms with E-state index >= 15 is 0 Å². The summed E-state index contributed by atoms with van der Waals surface area (Å²) in [5.74, 6) is -2.06. The van der Waals surface area contributed by atoms with Crippen molar-refractivity contribution in [3.05, 3.63) is 0 Å². The molecule has 2 nitrogen and oxygen atoms in total. The Morgan fingerprint density at radius 3 is 2.36 bits per heavy atom. The first kappa shape index (κ1) is 12.1. The quantitative estimate of drug-likeness (QED) is 0.422. The Hall–Kier alpha value is -0.0100. The first-order valence-electron chi connectivity index (χ1n) is 4.33. The molecule has 2 atom stereocenters. The molecule has 0 spiro atoms. The molecule has 6 heteroatoms. The molecule has 1 saturated carbocycles. The molecule has 0 bridgehead atoms. The molecule has 0 radical (unpaired) electrons. The highest BCUT2D eigenvalue weighted by atomic mass is 127. The zero-order valence-electron chi connectivity index (χ0n) is 7.31. The van der Waals surface area contributed by atoms with Gasteiger partial charge in [0.15, 0.2) is 0 Å². The van der Waals surface area contributed by atoms with E-state index in [4.69, 9.17) is 0 Å². The summed E-state index contributed by atoms with van der Waals surface area (Å²) in [6, 6.07) is 0. The lowest BCUT2D eigenvalue weighted by Crippen LogP contribution is -2.35. The fraction of sp³-hybridized carbons (Fsp3) is 0.875. The zero-order valence-corrected chi connectivity index (χ0v) is 9.47. The first-order valence-corrected chi connectivity index (χ1v) is 5.57. The molecular weight excluding hydrogens is 312 g/mol. The summed E-state index contributed by atoms with van der Waals surface area (Å²) in [6.45, 7) is 0. The highest BCUT2D eigenvalue weighted by Gasteiger charge is 2.43. The lowest BCUT2D eigenvalue weighted by molar-refractivity contribution is -0.205. The zero-order chi connectivity index (χ0) is 10.8. The van der Waals surface area contributed by atoms with Crippen LogP contribution in [0.1, 0.15) is 25.7 Å². The van der Waals surface area contributed by atoms with E-state index < -0.39 is 18.2 Å². The Bertz CT molecular complexity index is 217. The molecule has 0 amide bonds. The number of halogens is 4. The molecule has 1 rings (SSSR count). The van der Waals surface area contributed by atoms with E-state index in [1.165, 1.54) is 0 Å². The third-order valence-electron chi connectivity index (χ3n) is 2.11. The van der Waals surface area contributed by atoms with E-state index in [1.54, 1.807) is 0 Å². The predicted molar refractivity (Wildman–Crippen MR) is 52.2 cm³/mol. The SMILES string of the molecule is O=C(O[C@@H]1CCCC[C@H]1I)C(F)(F)F. The van der Waals surface area contributed by atoms with Gasteiger partial charge in [-0.15, -0.1) is 0 Å². The number of alkyl halides is 4. The van der Waals surface area contributed by atoms with Crippen molar-refractivity contribution in [3.63, 3.8) is 0 Å². The van der Waals surface area contributed by atoms with Crippen LogP contribution in [0.25, 0.3) is 0 Å². The lowest BCUT2D eigenvalue weighted by atomic mass is 9.98. The normalized spacial score (nSPS) is 28.6. The Morgan fingerprint density at radius 2 is 1.86 bits per heavy atom. The van der Waals surface area contributed by atoms with Crippen LogP contribution in [0.3, 0.4) is 0 Å². The van der Waals surface area contributed by atoms with Gasteiger partial charge in [0.25, 0.3) is 0 Å². The fourth-order valence-corrected chi connectivity index (χ4v) is 2.34. The van der Waals surface area contributed by atoms with Crippen molar-refractivity contribution in [2.45, 2.75) is 41.9 Å². The number of carbonyl (C=O) groups is 1. The van der Waals surface area contributed by atoms with Gasteiger partial charge in [-0.3, -0.25) is 0 Å². The predicted octanol–water partition coefficient (Wildman–Crippen LogP) is 2.84. The molecule has 0 aromatic carbocycles. The molecule has 14 heavy (non-hydrogen) atoms. The highest BCUT2D eigenvalue weighted by Crippen LogP contribution is 2.29. The summed E-state index contributed by atoms with van der Waals surface area (Å²) in [5, 5.41) is 0. The Labute approximate surface area is 93.3 Å². The van der Waals surface area contributed by atoms with Crippen LogP contribution in [0.5, 0.6) is 0 Å². The van der Waals surface area contributed by atoms with Crippen molar-refractivity contribution in [2.75, 3.05) is 0 Å². The second kappa shape index (κ2) is 4.67.